The fourth-order valence-corrected chi connectivity index (χ4v) is 3.13. The van der Waals surface area contributed by atoms with Crippen LogP contribution < -0.4 is 5.32 Å². The minimum Gasteiger partial charge on any atom is -0.477 e. The van der Waals surface area contributed by atoms with Crippen molar-refractivity contribution in [3.63, 3.8) is 0 Å². The van der Waals surface area contributed by atoms with Crippen LogP contribution in [0.1, 0.15) is 36.2 Å². The van der Waals surface area contributed by atoms with Crippen LogP contribution in [0.3, 0.4) is 0 Å². The summed E-state index contributed by atoms with van der Waals surface area (Å²) in [5.41, 5.74) is 0.0469. The van der Waals surface area contributed by atoms with Crippen molar-refractivity contribution in [2.45, 2.75) is 31.7 Å². The summed E-state index contributed by atoms with van der Waals surface area (Å²) < 4.78 is 0. The lowest BCUT2D eigenvalue weighted by Crippen LogP contribution is -2.27. The first-order valence-corrected chi connectivity index (χ1v) is 6.05. The molecule has 1 heterocycles. The molecule has 2 bridgehead atoms. The molecule has 2 aliphatic carbocycles. The van der Waals surface area contributed by atoms with Gasteiger partial charge in [-0.3, -0.25) is 0 Å². The van der Waals surface area contributed by atoms with Gasteiger partial charge in [-0.1, -0.05) is 6.42 Å². The summed E-state index contributed by atoms with van der Waals surface area (Å²) in [5, 5.41) is 12.1. The van der Waals surface area contributed by atoms with Gasteiger partial charge in [0, 0.05) is 12.2 Å². The number of aromatic nitrogens is 2. The van der Waals surface area contributed by atoms with E-state index in [1.54, 1.807) is 0 Å². The maximum atomic E-state index is 10.8. The van der Waals surface area contributed by atoms with Gasteiger partial charge in [0.1, 0.15) is 0 Å². The van der Waals surface area contributed by atoms with Crippen LogP contribution in [0.15, 0.2) is 12.3 Å². The van der Waals surface area contributed by atoms with Crippen molar-refractivity contribution in [1.82, 2.24) is 9.97 Å². The van der Waals surface area contributed by atoms with Gasteiger partial charge in [0.25, 0.3) is 0 Å². The van der Waals surface area contributed by atoms with E-state index in [9.17, 15) is 4.79 Å². The maximum absolute atomic E-state index is 10.8. The average molecular weight is 233 g/mol. The summed E-state index contributed by atoms with van der Waals surface area (Å²) in [5.74, 6) is 1.00. The molecule has 5 nitrogen and oxygen atoms in total. The van der Waals surface area contributed by atoms with E-state index in [1.165, 1.54) is 37.9 Å². The van der Waals surface area contributed by atoms with Gasteiger partial charge in [-0.25, -0.2) is 14.8 Å². The predicted molar refractivity (Wildman–Crippen MR) is 61.9 cm³/mol. The highest BCUT2D eigenvalue weighted by molar-refractivity contribution is 5.85. The van der Waals surface area contributed by atoms with Gasteiger partial charge in [-0.2, -0.15) is 0 Å². The van der Waals surface area contributed by atoms with Crippen molar-refractivity contribution >= 4 is 11.9 Å². The second kappa shape index (κ2) is 3.98. The smallest absolute Gasteiger partial charge is 0.354 e. The Balaban J connectivity index is 1.73. The Morgan fingerprint density at radius 2 is 2.29 bits per heavy atom. The number of carbonyl (C=O) groups is 1. The van der Waals surface area contributed by atoms with Gasteiger partial charge >= 0.3 is 5.97 Å². The standard InChI is InChI=1S/C12H15N3O2/c16-11(17)9-3-4-13-12(14-9)15-10-6-7-1-2-8(10)5-7/h3-4,7-8,10H,1-2,5-6H2,(H,16,17)(H,13,14,15). The Bertz CT molecular complexity index is 449. The Hall–Kier alpha value is -1.65. The minimum atomic E-state index is -1.01. The number of hydrogen-bond donors (Lipinski definition) is 2. The Labute approximate surface area is 99.3 Å². The zero-order valence-electron chi connectivity index (χ0n) is 9.47. The second-order valence-electron chi connectivity index (χ2n) is 5.00. The lowest BCUT2D eigenvalue weighted by molar-refractivity contribution is 0.0690. The zero-order valence-corrected chi connectivity index (χ0v) is 9.47. The Morgan fingerprint density at radius 3 is 2.94 bits per heavy atom. The number of hydrogen-bond acceptors (Lipinski definition) is 4. The van der Waals surface area contributed by atoms with Crippen molar-refractivity contribution < 1.29 is 9.90 Å². The molecule has 2 fully saturated rings. The van der Waals surface area contributed by atoms with Crippen molar-refractivity contribution in [3.05, 3.63) is 18.0 Å². The molecular weight excluding hydrogens is 218 g/mol. The first-order valence-electron chi connectivity index (χ1n) is 6.05. The van der Waals surface area contributed by atoms with Crippen LogP contribution in [0.5, 0.6) is 0 Å². The highest BCUT2D eigenvalue weighted by Crippen LogP contribution is 2.45. The molecular formula is C12H15N3O2. The van der Waals surface area contributed by atoms with Crippen molar-refractivity contribution in [2.24, 2.45) is 11.8 Å². The third kappa shape index (κ3) is 1.97. The van der Waals surface area contributed by atoms with Crippen LogP contribution >= 0.6 is 0 Å². The highest BCUT2D eigenvalue weighted by atomic mass is 16.4. The molecule has 2 saturated carbocycles. The summed E-state index contributed by atoms with van der Waals surface area (Å²) in [4.78, 5) is 18.9. The number of fused-ring (bicyclic) bond motifs is 2. The number of nitrogens with one attached hydrogen (secondary N) is 1. The number of carboxylic acids is 1. The third-order valence-corrected chi connectivity index (χ3v) is 3.93. The molecule has 2 N–H and O–H groups in total. The molecule has 0 amide bonds. The van der Waals surface area contributed by atoms with E-state index >= 15 is 0 Å². The lowest BCUT2D eigenvalue weighted by atomic mass is 9.95. The van der Waals surface area contributed by atoms with Gasteiger partial charge < -0.3 is 10.4 Å². The summed E-state index contributed by atoms with van der Waals surface area (Å²) in [6.07, 6.45) is 6.59. The number of aromatic carboxylic acids is 1. The molecule has 1 aromatic rings. The normalized spacial score (nSPS) is 30.5. The zero-order chi connectivity index (χ0) is 11.8. The SMILES string of the molecule is O=C(O)c1ccnc(NC2CC3CCC2C3)n1. The van der Waals surface area contributed by atoms with Crippen LogP contribution in [-0.4, -0.2) is 27.1 Å². The molecule has 0 saturated heterocycles. The summed E-state index contributed by atoms with van der Waals surface area (Å²) in [6, 6.07) is 1.84. The van der Waals surface area contributed by atoms with Gasteiger partial charge in [-0.05, 0) is 37.2 Å². The molecule has 3 rings (SSSR count). The minimum absolute atomic E-state index is 0.0469. The van der Waals surface area contributed by atoms with Crippen LogP contribution in [-0.2, 0) is 0 Å². The average Bonchev–Trinajstić information content (AvgIpc) is 2.91. The monoisotopic (exact) mass is 233 g/mol. The molecule has 3 atom stereocenters. The first kappa shape index (κ1) is 10.5. The van der Waals surface area contributed by atoms with Gasteiger partial charge in [0.15, 0.2) is 5.69 Å². The van der Waals surface area contributed by atoms with Crippen LogP contribution in [0.2, 0.25) is 0 Å². The van der Waals surface area contributed by atoms with Crippen molar-refractivity contribution in [1.29, 1.82) is 0 Å². The molecule has 17 heavy (non-hydrogen) atoms. The van der Waals surface area contributed by atoms with Crippen LogP contribution in [0, 0.1) is 11.8 Å². The first-order chi connectivity index (χ1) is 8.22. The van der Waals surface area contributed by atoms with E-state index in [4.69, 9.17) is 5.11 Å². The summed E-state index contributed by atoms with van der Waals surface area (Å²) >= 11 is 0. The van der Waals surface area contributed by atoms with E-state index in [-0.39, 0.29) is 5.69 Å². The van der Waals surface area contributed by atoms with Crippen LogP contribution in [0.4, 0.5) is 5.95 Å². The Morgan fingerprint density at radius 1 is 1.41 bits per heavy atom. The van der Waals surface area contributed by atoms with Crippen LogP contribution in [0.25, 0.3) is 0 Å². The number of anilines is 1. The number of rotatable bonds is 3. The number of carboxylic acid groups (broad SMARTS) is 1. The molecule has 3 unspecified atom stereocenters. The predicted octanol–water partition coefficient (Wildman–Crippen LogP) is 1.78. The van der Waals surface area contributed by atoms with E-state index in [1.807, 2.05) is 0 Å². The molecule has 2 aliphatic rings. The van der Waals surface area contributed by atoms with Crippen molar-refractivity contribution in [2.75, 3.05) is 5.32 Å². The summed E-state index contributed by atoms with van der Waals surface area (Å²) in [6.45, 7) is 0. The largest absolute Gasteiger partial charge is 0.477 e. The quantitative estimate of drug-likeness (QED) is 0.832. The molecule has 0 aliphatic heterocycles. The van der Waals surface area contributed by atoms with Gasteiger partial charge in [0.05, 0.1) is 0 Å². The molecule has 0 spiro atoms. The Kier molecular flexibility index (Phi) is 2.46. The van der Waals surface area contributed by atoms with Gasteiger partial charge in [0.2, 0.25) is 5.95 Å². The van der Waals surface area contributed by atoms with Crippen molar-refractivity contribution in [3.8, 4) is 0 Å². The molecule has 5 heteroatoms. The molecule has 0 aromatic carbocycles. The fourth-order valence-electron chi connectivity index (χ4n) is 3.13. The lowest BCUT2D eigenvalue weighted by Gasteiger charge is -2.22. The fraction of sp³-hybridized carbons (Fsp3) is 0.583. The molecule has 0 radical (unpaired) electrons. The molecule has 1 aromatic heterocycles. The van der Waals surface area contributed by atoms with E-state index < -0.39 is 5.97 Å². The number of nitrogens with zero attached hydrogens (tertiary/aromatic N) is 2. The summed E-state index contributed by atoms with van der Waals surface area (Å²) in [7, 11) is 0. The van der Waals surface area contributed by atoms with E-state index in [0.29, 0.717) is 12.0 Å². The van der Waals surface area contributed by atoms with E-state index in [0.717, 1.165) is 11.8 Å². The van der Waals surface area contributed by atoms with Gasteiger partial charge in [-0.15, -0.1) is 0 Å². The second-order valence-corrected chi connectivity index (χ2v) is 5.00. The topological polar surface area (TPSA) is 75.1 Å². The molecule has 90 valence electrons. The highest BCUT2D eigenvalue weighted by Gasteiger charge is 2.39. The maximum Gasteiger partial charge on any atom is 0.354 e. The third-order valence-electron chi connectivity index (χ3n) is 3.93. The van der Waals surface area contributed by atoms with E-state index in [2.05, 4.69) is 15.3 Å².